The Bertz CT molecular complexity index is 398. The number of carbonyl (C=O) groups is 1. The third-order valence-corrected chi connectivity index (χ3v) is 3.31. The first-order chi connectivity index (χ1) is 8.65. The molecule has 1 aromatic rings. The highest BCUT2D eigenvalue weighted by Crippen LogP contribution is 2.30. The number of hydrogen-bond donors (Lipinski definition) is 1. The Morgan fingerprint density at radius 1 is 1.56 bits per heavy atom. The van der Waals surface area contributed by atoms with Crippen molar-refractivity contribution in [1.82, 2.24) is 4.98 Å². The van der Waals surface area contributed by atoms with Gasteiger partial charge in [-0.3, -0.25) is 9.78 Å². The van der Waals surface area contributed by atoms with E-state index < -0.39 is 7.12 Å². The molecule has 2 atom stereocenters. The SMILES string of the molecule is CC(=O)C[C@@H]1CC[C@H](Cc2ccccn2)B(O)O1. The fraction of sp³-hybridized carbons (Fsp3) is 0.538. The van der Waals surface area contributed by atoms with Gasteiger partial charge in [-0.15, -0.1) is 0 Å². The largest absolute Gasteiger partial charge is 0.458 e. The minimum atomic E-state index is -0.787. The molecule has 4 nitrogen and oxygen atoms in total. The number of aromatic nitrogens is 1. The molecular weight excluding hydrogens is 229 g/mol. The van der Waals surface area contributed by atoms with Crippen molar-refractivity contribution < 1.29 is 14.5 Å². The van der Waals surface area contributed by atoms with Crippen LogP contribution in [0.25, 0.3) is 0 Å². The Kier molecular flexibility index (Phi) is 4.50. The molecule has 1 aromatic heterocycles. The molecule has 5 heteroatoms. The normalized spacial score (nSPS) is 24.0. The molecule has 0 amide bonds. The Hall–Kier alpha value is -1.20. The lowest BCUT2D eigenvalue weighted by Gasteiger charge is -2.30. The summed E-state index contributed by atoms with van der Waals surface area (Å²) in [5.74, 6) is 0.179. The van der Waals surface area contributed by atoms with E-state index in [0.717, 1.165) is 25.0 Å². The van der Waals surface area contributed by atoms with Crippen LogP contribution in [0.2, 0.25) is 5.82 Å². The summed E-state index contributed by atoms with van der Waals surface area (Å²) in [7, 11) is -0.787. The number of pyridine rings is 1. The second-order valence-electron chi connectivity index (χ2n) is 4.92. The van der Waals surface area contributed by atoms with Gasteiger partial charge in [0.25, 0.3) is 0 Å². The number of Topliss-reactive ketones (excluding diaryl/α,β-unsaturated/α-hetero) is 1. The number of carbonyl (C=O) groups excluding carboxylic acids is 1. The van der Waals surface area contributed by atoms with Gasteiger partial charge < -0.3 is 9.68 Å². The van der Waals surface area contributed by atoms with Crippen molar-refractivity contribution in [2.24, 2.45) is 0 Å². The number of ketones is 1. The summed E-state index contributed by atoms with van der Waals surface area (Å²) >= 11 is 0. The molecule has 18 heavy (non-hydrogen) atoms. The van der Waals surface area contributed by atoms with Gasteiger partial charge in [-0.25, -0.2) is 0 Å². The standard InChI is InChI=1S/C13H18BNO3/c1-10(16)8-13-6-5-11(14(17)18-13)9-12-4-2-3-7-15-12/h2-4,7,11,13,17H,5-6,8-9H2,1H3/t11-,13+/m1/s1. The number of hydrogen-bond acceptors (Lipinski definition) is 4. The minimum Gasteiger partial charge on any atom is -0.427 e. The zero-order valence-corrected chi connectivity index (χ0v) is 10.6. The van der Waals surface area contributed by atoms with E-state index in [1.165, 1.54) is 0 Å². The van der Waals surface area contributed by atoms with E-state index in [9.17, 15) is 9.82 Å². The third kappa shape index (κ3) is 3.65. The second kappa shape index (κ2) is 6.11. The van der Waals surface area contributed by atoms with E-state index in [-0.39, 0.29) is 17.7 Å². The van der Waals surface area contributed by atoms with Crippen molar-refractivity contribution in [1.29, 1.82) is 0 Å². The van der Waals surface area contributed by atoms with E-state index in [2.05, 4.69) is 4.98 Å². The van der Waals surface area contributed by atoms with Crippen LogP contribution in [-0.4, -0.2) is 29.0 Å². The van der Waals surface area contributed by atoms with E-state index in [1.54, 1.807) is 13.1 Å². The third-order valence-electron chi connectivity index (χ3n) is 3.31. The Morgan fingerprint density at radius 2 is 2.39 bits per heavy atom. The quantitative estimate of drug-likeness (QED) is 0.821. The predicted molar refractivity (Wildman–Crippen MR) is 69.1 cm³/mol. The van der Waals surface area contributed by atoms with Gasteiger partial charge in [0.15, 0.2) is 0 Å². The van der Waals surface area contributed by atoms with Gasteiger partial charge in [-0.2, -0.15) is 0 Å². The van der Waals surface area contributed by atoms with Crippen LogP contribution in [0.15, 0.2) is 24.4 Å². The summed E-state index contributed by atoms with van der Waals surface area (Å²) in [5, 5.41) is 9.95. The minimum absolute atomic E-state index is 0.0723. The number of nitrogens with zero attached hydrogens (tertiary/aromatic N) is 1. The van der Waals surface area contributed by atoms with Crippen molar-refractivity contribution in [3.8, 4) is 0 Å². The van der Waals surface area contributed by atoms with Crippen LogP contribution in [0.5, 0.6) is 0 Å². The van der Waals surface area contributed by atoms with E-state index >= 15 is 0 Å². The highest BCUT2D eigenvalue weighted by Gasteiger charge is 2.35. The molecular formula is C13H18BNO3. The Balaban J connectivity index is 1.88. The molecule has 0 spiro atoms. The molecule has 0 unspecified atom stereocenters. The smallest absolute Gasteiger partial charge is 0.427 e. The van der Waals surface area contributed by atoms with Gasteiger partial charge in [0.2, 0.25) is 0 Å². The maximum Gasteiger partial charge on any atom is 0.458 e. The van der Waals surface area contributed by atoms with E-state index in [4.69, 9.17) is 4.65 Å². The van der Waals surface area contributed by atoms with E-state index in [1.807, 2.05) is 18.2 Å². The number of rotatable bonds is 4. The molecule has 0 radical (unpaired) electrons. The average Bonchev–Trinajstić information content (AvgIpc) is 2.33. The lowest BCUT2D eigenvalue weighted by atomic mass is 9.64. The van der Waals surface area contributed by atoms with Crippen LogP contribution < -0.4 is 0 Å². The van der Waals surface area contributed by atoms with Crippen LogP contribution in [0.3, 0.4) is 0 Å². The van der Waals surface area contributed by atoms with Crippen molar-refractivity contribution >= 4 is 12.9 Å². The summed E-state index contributed by atoms with van der Waals surface area (Å²) in [6, 6.07) is 5.77. The summed E-state index contributed by atoms with van der Waals surface area (Å²) in [6.07, 6.45) is 4.44. The molecule has 96 valence electrons. The topological polar surface area (TPSA) is 59.4 Å². The van der Waals surface area contributed by atoms with Gasteiger partial charge in [-0.1, -0.05) is 6.07 Å². The summed E-state index contributed by atoms with van der Waals surface area (Å²) in [5.41, 5.74) is 0.968. The second-order valence-corrected chi connectivity index (χ2v) is 4.92. The fourth-order valence-electron chi connectivity index (χ4n) is 2.38. The first kappa shape index (κ1) is 13.2. The van der Waals surface area contributed by atoms with Crippen LogP contribution in [0.1, 0.15) is 31.9 Å². The molecule has 1 aliphatic rings. The molecule has 0 aliphatic carbocycles. The zero-order valence-electron chi connectivity index (χ0n) is 10.6. The van der Waals surface area contributed by atoms with Crippen LogP contribution in [0, 0.1) is 0 Å². The molecule has 0 saturated carbocycles. The molecule has 1 aliphatic heterocycles. The van der Waals surface area contributed by atoms with Crippen molar-refractivity contribution in [2.75, 3.05) is 0 Å². The van der Waals surface area contributed by atoms with Gasteiger partial charge >= 0.3 is 7.12 Å². The first-order valence-electron chi connectivity index (χ1n) is 6.38. The Morgan fingerprint density at radius 3 is 3.00 bits per heavy atom. The van der Waals surface area contributed by atoms with Crippen molar-refractivity contribution in [2.45, 2.75) is 44.5 Å². The van der Waals surface area contributed by atoms with E-state index in [0.29, 0.717) is 6.42 Å². The maximum absolute atomic E-state index is 11.0. The first-order valence-corrected chi connectivity index (χ1v) is 6.38. The van der Waals surface area contributed by atoms with Gasteiger partial charge in [-0.05, 0) is 44.1 Å². The summed E-state index contributed by atoms with van der Waals surface area (Å²) in [6.45, 7) is 1.55. The average molecular weight is 247 g/mol. The van der Waals surface area contributed by atoms with Gasteiger partial charge in [0.1, 0.15) is 5.78 Å². The fourth-order valence-corrected chi connectivity index (χ4v) is 2.38. The Labute approximate surface area is 108 Å². The molecule has 2 heterocycles. The predicted octanol–water partition coefficient (Wildman–Crippen LogP) is 1.63. The van der Waals surface area contributed by atoms with Crippen LogP contribution in [-0.2, 0) is 15.9 Å². The summed E-state index contributed by atoms with van der Waals surface area (Å²) < 4.78 is 5.49. The molecule has 1 N–H and O–H groups in total. The molecule has 1 saturated heterocycles. The van der Waals surface area contributed by atoms with Crippen molar-refractivity contribution in [3.63, 3.8) is 0 Å². The van der Waals surface area contributed by atoms with Gasteiger partial charge in [0, 0.05) is 24.4 Å². The molecule has 1 fully saturated rings. The highest BCUT2D eigenvalue weighted by atomic mass is 16.5. The highest BCUT2D eigenvalue weighted by molar-refractivity contribution is 6.45. The molecule has 2 rings (SSSR count). The lowest BCUT2D eigenvalue weighted by Crippen LogP contribution is -2.37. The lowest BCUT2D eigenvalue weighted by molar-refractivity contribution is -0.118. The van der Waals surface area contributed by atoms with Gasteiger partial charge in [0.05, 0.1) is 0 Å². The summed E-state index contributed by atoms with van der Waals surface area (Å²) in [4.78, 5) is 15.3. The maximum atomic E-state index is 11.0. The zero-order chi connectivity index (χ0) is 13.0. The molecule has 0 bridgehead atoms. The monoisotopic (exact) mass is 247 g/mol. The van der Waals surface area contributed by atoms with Crippen LogP contribution in [0.4, 0.5) is 0 Å². The van der Waals surface area contributed by atoms with Crippen molar-refractivity contribution in [3.05, 3.63) is 30.1 Å². The van der Waals surface area contributed by atoms with Crippen LogP contribution >= 0.6 is 0 Å². The molecule has 0 aromatic carbocycles.